The van der Waals surface area contributed by atoms with E-state index in [9.17, 15) is 9.59 Å². The molecule has 1 atom stereocenters. The fraction of sp³-hybridized carbons (Fsp3) is 0.462. The van der Waals surface area contributed by atoms with Crippen LogP contribution in [-0.2, 0) is 16.1 Å². The van der Waals surface area contributed by atoms with Gasteiger partial charge in [-0.15, -0.1) is 0 Å². The molecule has 0 spiro atoms. The Bertz CT molecular complexity index is 933. The molecule has 2 amide bonds. The first-order valence-corrected chi connectivity index (χ1v) is 11.7. The Labute approximate surface area is 190 Å². The summed E-state index contributed by atoms with van der Waals surface area (Å²) in [4.78, 5) is 27.7. The van der Waals surface area contributed by atoms with Crippen LogP contribution >= 0.6 is 0 Å². The molecule has 170 valence electrons. The van der Waals surface area contributed by atoms with Gasteiger partial charge in [0, 0.05) is 36.1 Å². The molecule has 2 N–H and O–H groups in total. The summed E-state index contributed by atoms with van der Waals surface area (Å²) in [6, 6.07) is 15.6. The van der Waals surface area contributed by atoms with E-state index >= 15 is 0 Å². The summed E-state index contributed by atoms with van der Waals surface area (Å²) in [5.74, 6) is -0.345. The Hall–Kier alpha value is -2.70. The van der Waals surface area contributed by atoms with Crippen LogP contribution in [0.3, 0.4) is 0 Å². The number of hydrogen-bond donors (Lipinski definition) is 2. The van der Waals surface area contributed by atoms with Crippen molar-refractivity contribution in [3.63, 3.8) is 0 Å². The van der Waals surface area contributed by atoms with Crippen LogP contribution in [-0.4, -0.2) is 42.5 Å². The van der Waals surface area contributed by atoms with Gasteiger partial charge in [0.15, 0.2) is 0 Å². The zero-order chi connectivity index (χ0) is 22.3. The fourth-order valence-electron chi connectivity index (χ4n) is 4.64. The third-order valence-corrected chi connectivity index (χ3v) is 6.50. The molecule has 1 unspecified atom stereocenters. The fourth-order valence-corrected chi connectivity index (χ4v) is 4.64. The highest BCUT2D eigenvalue weighted by atomic mass is 16.5. The van der Waals surface area contributed by atoms with Crippen LogP contribution < -0.4 is 10.6 Å². The maximum atomic E-state index is 13.0. The molecular weight excluding hydrogens is 402 g/mol. The highest BCUT2D eigenvalue weighted by molar-refractivity contribution is 6.05. The first-order chi connectivity index (χ1) is 15.6. The monoisotopic (exact) mass is 435 g/mol. The van der Waals surface area contributed by atoms with E-state index in [2.05, 4.69) is 28.6 Å². The number of ether oxygens (including phenoxy) is 1. The summed E-state index contributed by atoms with van der Waals surface area (Å²) < 4.78 is 5.44. The van der Waals surface area contributed by atoms with E-state index < -0.39 is 6.10 Å². The molecule has 0 bridgehead atoms. The number of benzene rings is 2. The number of carbonyl (C=O) groups excluding carboxylic acids is 2. The maximum Gasteiger partial charge on any atom is 0.255 e. The van der Waals surface area contributed by atoms with Gasteiger partial charge < -0.3 is 15.4 Å². The van der Waals surface area contributed by atoms with E-state index in [1.165, 1.54) is 32.1 Å². The second-order valence-corrected chi connectivity index (χ2v) is 8.89. The smallest absolute Gasteiger partial charge is 0.255 e. The van der Waals surface area contributed by atoms with Crippen molar-refractivity contribution >= 4 is 23.2 Å². The number of nitrogens with zero attached hydrogens (tertiary/aromatic N) is 1. The van der Waals surface area contributed by atoms with Crippen molar-refractivity contribution in [2.24, 2.45) is 0 Å². The van der Waals surface area contributed by atoms with Gasteiger partial charge in [0.25, 0.3) is 11.8 Å². The molecular formula is C26H33N3O3. The minimum absolute atomic E-state index is 0.156. The van der Waals surface area contributed by atoms with Crippen molar-refractivity contribution in [1.29, 1.82) is 0 Å². The largest absolute Gasteiger partial charge is 0.368 e. The first kappa shape index (κ1) is 22.5. The standard InChI is InChI=1S/C26H33N3O3/c1-29(22-12-3-2-4-13-22)18-20-9-5-6-14-23(20)28-25(30)19-10-7-11-21(17-19)27-26(31)24-15-8-16-32-24/h5-7,9-11,14,17,22,24H,2-4,8,12-13,15-16,18H2,1H3,(H,27,31)(H,28,30). The summed E-state index contributed by atoms with van der Waals surface area (Å²) in [5.41, 5.74) is 3.04. The number of para-hydroxylation sites is 1. The molecule has 0 aromatic heterocycles. The average molecular weight is 436 g/mol. The van der Waals surface area contributed by atoms with Crippen LogP contribution in [0.1, 0.15) is 60.9 Å². The number of rotatable bonds is 7. The average Bonchev–Trinajstić information content (AvgIpc) is 3.36. The molecule has 1 saturated carbocycles. The lowest BCUT2D eigenvalue weighted by molar-refractivity contribution is -0.124. The Morgan fingerprint density at radius 3 is 2.56 bits per heavy atom. The number of amides is 2. The zero-order valence-corrected chi connectivity index (χ0v) is 18.8. The quantitative estimate of drug-likeness (QED) is 0.654. The van der Waals surface area contributed by atoms with Crippen molar-refractivity contribution in [3.05, 3.63) is 59.7 Å². The Kier molecular flexibility index (Phi) is 7.55. The molecule has 4 rings (SSSR count). The highest BCUT2D eigenvalue weighted by Gasteiger charge is 2.24. The van der Waals surface area contributed by atoms with Crippen molar-refractivity contribution in [2.45, 2.75) is 63.6 Å². The van der Waals surface area contributed by atoms with Gasteiger partial charge in [-0.2, -0.15) is 0 Å². The van der Waals surface area contributed by atoms with Gasteiger partial charge in [0.2, 0.25) is 0 Å². The molecule has 2 aromatic rings. The van der Waals surface area contributed by atoms with Gasteiger partial charge in [0.1, 0.15) is 6.10 Å². The lowest BCUT2D eigenvalue weighted by Crippen LogP contribution is -2.33. The van der Waals surface area contributed by atoms with E-state index in [-0.39, 0.29) is 11.8 Å². The van der Waals surface area contributed by atoms with E-state index in [1.54, 1.807) is 24.3 Å². The number of anilines is 2. The zero-order valence-electron chi connectivity index (χ0n) is 18.8. The van der Waals surface area contributed by atoms with Crippen LogP contribution in [0.4, 0.5) is 11.4 Å². The summed E-state index contributed by atoms with van der Waals surface area (Å²) in [5, 5.41) is 5.93. The van der Waals surface area contributed by atoms with Gasteiger partial charge >= 0.3 is 0 Å². The lowest BCUT2D eigenvalue weighted by Gasteiger charge is -2.31. The number of nitrogens with one attached hydrogen (secondary N) is 2. The van der Waals surface area contributed by atoms with E-state index in [0.717, 1.165) is 30.6 Å². The second-order valence-electron chi connectivity index (χ2n) is 8.89. The van der Waals surface area contributed by atoms with E-state index in [4.69, 9.17) is 4.74 Å². The van der Waals surface area contributed by atoms with Gasteiger partial charge in [-0.25, -0.2) is 0 Å². The van der Waals surface area contributed by atoms with Crippen molar-refractivity contribution < 1.29 is 14.3 Å². The predicted molar refractivity (Wildman–Crippen MR) is 127 cm³/mol. The summed E-state index contributed by atoms with van der Waals surface area (Å²) in [6.45, 7) is 1.43. The molecule has 1 saturated heterocycles. The minimum Gasteiger partial charge on any atom is -0.368 e. The molecule has 6 nitrogen and oxygen atoms in total. The van der Waals surface area contributed by atoms with Gasteiger partial charge in [-0.1, -0.05) is 43.5 Å². The van der Waals surface area contributed by atoms with Crippen molar-refractivity contribution in [3.8, 4) is 0 Å². The summed E-state index contributed by atoms with van der Waals surface area (Å²) >= 11 is 0. The number of carbonyl (C=O) groups is 2. The van der Waals surface area contributed by atoms with Crippen molar-refractivity contribution in [2.75, 3.05) is 24.3 Å². The predicted octanol–water partition coefficient (Wildman–Crippen LogP) is 4.82. The van der Waals surface area contributed by atoms with E-state index in [1.807, 2.05) is 18.2 Å². The third kappa shape index (κ3) is 5.75. The first-order valence-electron chi connectivity index (χ1n) is 11.7. The summed E-state index contributed by atoms with van der Waals surface area (Å²) in [7, 11) is 2.18. The Morgan fingerprint density at radius 2 is 1.78 bits per heavy atom. The van der Waals surface area contributed by atoms with Gasteiger partial charge in [0.05, 0.1) is 0 Å². The second kappa shape index (κ2) is 10.7. The topological polar surface area (TPSA) is 70.7 Å². The Morgan fingerprint density at radius 1 is 0.969 bits per heavy atom. The van der Waals surface area contributed by atoms with Crippen LogP contribution in [0.5, 0.6) is 0 Å². The van der Waals surface area contributed by atoms with Crippen LogP contribution in [0, 0.1) is 0 Å². The Balaban J connectivity index is 1.41. The van der Waals surface area contributed by atoms with Crippen LogP contribution in [0.25, 0.3) is 0 Å². The summed E-state index contributed by atoms with van der Waals surface area (Å²) in [6.07, 6.45) is 7.66. The molecule has 6 heteroatoms. The SMILES string of the molecule is CN(Cc1ccccc1NC(=O)c1cccc(NC(=O)C2CCCO2)c1)C1CCCCC1. The molecule has 1 aliphatic carbocycles. The van der Waals surface area contributed by atoms with Crippen LogP contribution in [0.2, 0.25) is 0 Å². The number of hydrogen-bond acceptors (Lipinski definition) is 4. The van der Waals surface area contributed by atoms with Crippen molar-refractivity contribution in [1.82, 2.24) is 4.90 Å². The van der Waals surface area contributed by atoms with Gasteiger partial charge in [-0.3, -0.25) is 14.5 Å². The molecule has 2 aromatic carbocycles. The lowest BCUT2D eigenvalue weighted by atomic mass is 9.94. The normalized spacial score (nSPS) is 19.1. The van der Waals surface area contributed by atoms with E-state index in [0.29, 0.717) is 23.9 Å². The van der Waals surface area contributed by atoms with Gasteiger partial charge in [-0.05, 0) is 62.6 Å². The minimum atomic E-state index is -0.402. The highest BCUT2D eigenvalue weighted by Crippen LogP contribution is 2.25. The molecule has 1 heterocycles. The molecule has 2 fully saturated rings. The molecule has 2 aliphatic rings. The third-order valence-electron chi connectivity index (χ3n) is 6.50. The molecule has 1 aliphatic heterocycles. The van der Waals surface area contributed by atoms with Crippen LogP contribution in [0.15, 0.2) is 48.5 Å². The molecule has 0 radical (unpaired) electrons. The maximum absolute atomic E-state index is 13.0. The molecule has 32 heavy (non-hydrogen) atoms.